The molecule has 254 valence electrons. The minimum absolute atomic E-state index is 0.0241. The maximum atomic E-state index is 14.3. The first-order valence-electron chi connectivity index (χ1n) is 14.5. The third kappa shape index (κ3) is 10.5. The van der Waals surface area contributed by atoms with Gasteiger partial charge in [0, 0.05) is 45.9 Å². The minimum atomic E-state index is -3.48. The number of morpholine rings is 3. The molecule has 3 rings (SSSR count). The maximum absolute atomic E-state index is 14.3. The second-order valence-corrected chi connectivity index (χ2v) is 21.2. The summed E-state index contributed by atoms with van der Waals surface area (Å²) in [4.78, 5) is 2.19. The third-order valence-electron chi connectivity index (χ3n) is 7.54. The third-order valence-corrected chi connectivity index (χ3v) is 15.4. The number of likely N-dealkylation sites (N-methyl/N-ethyl adjacent to an activating group) is 1. The van der Waals surface area contributed by atoms with Crippen LogP contribution in [0.4, 0.5) is 0 Å². The first-order chi connectivity index (χ1) is 20.0. The van der Waals surface area contributed by atoms with Gasteiger partial charge in [-0.3, -0.25) is 13.7 Å². The van der Waals surface area contributed by atoms with Gasteiger partial charge in [0.1, 0.15) is 4.11 Å². The highest BCUT2D eigenvalue weighted by molar-refractivity contribution is 14.1. The van der Waals surface area contributed by atoms with Crippen molar-refractivity contribution >= 4 is 45.5 Å². The molecule has 0 saturated carbocycles. The molecule has 3 fully saturated rings. The normalized spacial score (nSPS) is 33.0. The van der Waals surface area contributed by atoms with E-state index in [1.54, 1.807) is 67.6 Å². The zero-order valence-corrected chi connectivity index (χ0v) is 31.9. The summed E-state index contributed by atoms with van der Waals surface area (Å²) in [7, 11) is 2.52. The number of rotatable bonds is 14. The molecule has 0 aromatic heterocycles. The fourth-order valence-electron chi connectivity index (χ4n) is 5.07. The van der Waals surface area contributed by atoms with Gasteiger partial charge >= 0.3 is 15.3 Å². The van der Waals surface area contributed by atoms with Crippen molar-refractivity contribution in [3.8, 4) is 0 Å². The number of ether oxygens (including phenoxy) is 3. The van der Waals surface area contributed by atoms with Crippen LogP contribution in [0.1, 0.15) is 6.92 Å². The lowest BCUT2D eigenvalue weighted by atomic mass is 10.2. The average molecular weight is 789 g/mol. The predicted molar refractivity (Wildman–Crippen MR) is 175 cm³/mol. The molecule has 3 saturated heterocycles. The number of hydrogen-bond acceptors (Lipinski definition) is 10. The van der Waals surface area contributed by atoms with Crippen LogP contribution in [0.25, 0.3) is 0 Å². The molecule has 3 aliphatic heterocycles. The lowest BCUT2D eigenvalue weighted by Gasteiger charge is -2.43. The zero-order chi connectivity index (χ0) is 32.2. The molecule has 3 aliphatic rings. The van der Waals surface area contributed by atoms with Gasteiger partial charge in [-0.15, -0.1) is 0 Å². The van der Waals surface area contributed by atoms with Crippen LogP contribution >= 0.6 is 45.5 Å². The Bertz CT molecular complexity index is 1040. The van der Waals surface area contributed by atoms with Gasteiger partial charge in [-0.1, -0.05) is 0 Å². The average Bonchev–Trinajstić information content (AvgIpc) is 2.92. The molecule has 0 radical (unpaired) electrons. The van der Waals surface area contributed by atoms with E-state index in [1.807, 2.05) is 18.6 Å². The summed E-state index contributed by atoms with van der Waals surface area (Å²) in [5.41, 5.74) is 0. The summed E-state index contributed by atoms with van der Waals surface area (Å²) >= 11 is 2.17. The van der Waals surface area contributed by atoms with Gasteiger partial charge in [0.2, 0.25) is 0 Å². The highest BCUT2D eigenvalue weighted by Crippen LogP contribution is 2.56. The number of nitrogens with zero attached hydrogens (tertiary/aromatic N) is 6. The van der Waals surface area contributed by atoms with E-state index in [-0.39, 0.29) is 49.2 Å². The maximum Gasteiger partial charge on any atom is 0.345 e. The largest absolute Gasteiger partial charge is 0.373 e. The van der Waals surface area contributed by atoms with Gasteiger partial charge in [-0.05, 0) is 78.8 Å². The number of halogens is 1. The molecule has 19 heteroatoms. The molecule has 0 aromatic carbocycles. The standard InChI is InChI=1S/C24H52IN6O9P3/c1-20-12-29(8)13-22(39-20)18-38-43(34,28(6)7)31-15-23(40-24(25)16-31)19-37-42(33,27(4)5)30-10-11-35-21(14-30)17-36-41(9,32)26(2)3/h20-24H,10-19H2,1-9H3/t20?,21-,22-,23-,24+,41?,42?,43?/m0/s1. The van der Waals surface area contributed by atoms with Crippen molar-refractivity contribution in [1.82, 2.24) is 28.3 Å². The van der Waals surface area contributed by atoms with E-state index < -0.39 is 35.1 Å². The number of hydrogen-bond donors (Lipinski definition) is 0. The summed E-state index contributed by atoms with van der Waals surface area (Å²) in [5, 5.41) is 0. The van der Waals surface area contributed by atoms with Crippen LogP contribution in [-0.2, 0) is 41.5 Å². The highest BCUT2D eigenvalue weighted by atomic mass is 127. The molecular weight excluding hydrogens is 736 g/mol. The second kappa shape index (κ2) is 16.4. The van der Waals surface area contributed by atoms with E-state index in [2.05, 4.69) is 27.5 Å². The van der Waals surface area contributed by atoms with E-state index in [1.165, 1.54) is 0 Å². The van der Waals surface area contributed by atoms with Gasteiger partial charge in [-0.25, -0.2) is 23.4 Å². The van der Waals surface area contributed by atoms with Crippen molar-refractivity contribution in [2.24, 2.45) is 0 Å². The molecule has 0 aromatic rings. The Morgan fingerprint density at radius 3 is 1.84 bits per heavy atom. The lowest BCUT2D eigenvalue weighted by Crippen LogP contribution is -2.49. The zero-order valence-electron chi connectivity index (χ0n) is 27.0. The first-order valence-corrected chi connectivity index (χ1v) is 20.8. The van der Waals surface area contributed by atoms with Crippen molar-refractivity contribution in [3.63, 3.8) is 0 Å². The van der Waals surface area contributed by atoms with Crippen LogP contribution in [-0.4, -0.2) is 178 Å². The van der Waals surface area contributed by atoms with E-state index >= 15 is 0 Å². The summed E-state index contributed by atoms with van der Waals surface area (Å²) in [6.45, 7) is 7.15. The Morgan fingerprint density at radius 1 is 0.744 bits per heavy atom. The Hall–Kier alpha value is 0.940. The molecular formula is C24H52IN6O9P3. The Kier molecular flexibility index (Phi) is 14.6. The van der Waals surface area contributed by atoms with Crippen molar-refractivity contribution < 1.29 is 41.5 Å². The Labute approximate surface area is 271 Å². The van der Waals surface area contributed by atoms with Gasteiger partial charge in [0.05, 0.1) is 50.8 Å². The van der Waals surface area contributed by atoms with Gasteiger partial charge in [0.25, 0.3) is 7.52 Å². The summed E-state index contributed by atoms with van der Waals surface area (Å²) in [5.74, 6) is 0. The van der Waals surface area contributed by atoms with Crippen LogP contribution in [0, 0.1) is 0 Å². The van der Waals surface area contributed by atoms with Crippen LogP contribution in [0.15, 0.2) is 0 Å². The quantitative estimate of drug-likeness (QED) is 0.145. The molecule has 0 N–H and O–H groups in total. The van der Waals surface area contributed by atoms with Gasteiger partial charge in [-0.2, -0.15) is 0 Å². The smallest absolute Gasteiger partial charge is 0.345 e. The van der Waals surface area contributed by atoms with Crippen LogP contribution in [0.2, 0.25) is 0 Å². The fraction of sp³-hybridized carbons (Fsp3) is 1.00. The summed E-state index contributed by atoms with van der Waals surface area (Å²) in [6.07, 6.45) is -1.02. The molecule has 0 aliphatic carbocycles. The molecule has 43 heavy (non-hydrogen) atoms. The molecule has 3 heterocycles. The molecule has 0 amide bonds. The lowest BCUT2D eigenvalue weighted by molar-refractivity contribution is -0.0882. The van der Waals surface area contributed by atoms with Crippen LogP contribution in [0.3, 0.4) is 0 Å². The second-order valence-electron chi connectivity index (χ2n) is 11.9. The van der Waals surface area contributed by atoms with Crippen molar-refractivity contribution in [3.05, 3.63) is 0 Å². The van der Waals surface area contributed by atoms with Gasteiger partial charge < -0.3 is 32.7 Å². The van der Waals surface area contributed by atoms with E-state index in [0.717, 1.165) is 6.54 Å². The summed E-state index contributed by atoms with van der Waals surface area (Å²) < 4.78 is 85.2. The van der Waals surface area contributed by atoms with E-state index in [4.69, 9.17) is 27.8 Å². The first kappa shape index (κ1) is 38.4. The van der Waals surface area contributed by atoms with Crippen molar-refractivity contribution in [1.29, 1.82) is 0 Å². The molecule has 0 bridgehead atoms. The van der Waals surface area contributed by atoms with Crippen LogP contribution in [0.5, 0.6) is 0 Å². The minimum Gasteiger partial charge on any atom is -0.373 e. The topological polar surface area (TPSA) is 126 Å². The number of alkyl halides is 1. The fourth-order valence-corrected chi connectivity index (χ4v) is 10.9. The molecule has 8 atom stereocenters. The van der Waals surface area contributed by atoms with E-state index in [9.17, 15) is 13.7 Å². The molecule has 15 nitrogen and oxygen atoms in total. The predicted octanol–water partition coefficient (Wildman–Crippen LogP) is 2.64. The highest BCUT2D eigenvalue weighted by Gasteiger charge is 2.44. The monoisotopic (exact) mass is 788 g/mol. The van der Waals surface area contributed by atoms with E-state index in [0.29, 0.717) is 26.2 Å². The summed E-state index contributed by atoms with van der Waals surface area (Å²) in [6, 6.07) is 0. The Morgan fingerprint density at radius 2 is 1.28 bits per heavy atom. The SMILES string of the molecule is CC1CN(C)C[C@@H](COP(=O)(N(C)C)N2C[C@@H](COP(=O)(N(C)C)N3CCO[C@H](COP(C)(=O)N(C)C)C3)O[C@@H](I)C2)O1. The Balaban J connectivity index is 1.64. The van der Waals surface area contributed by atoms with Gasteiger partial charge in [0.15, 0.2) is 0 Å². The molecule has 4 unspecified atom stereocenters. The van der Waals surface area contributed by atoms with Crippen molar-refractivity contribution in [2.75, 3.05) is 122 Å². The van der Waals surface area contributed by atoms with Crippen LogP contribution < -0.4 is 0 Å². The van der Waals surface area contributed by atoms with Crippen molar-refractivity contribution in [2.45, 2.75) is 35.5 Å². The molecule has 0 spiro atoms.